The number of rotatable bonds is 4. The molecule has 1 aromatic carbocycles. The van der Waals surface area contributed by atoms with Crippen LogP contribution in [0.5, 0.6) is 11.5 Å². The van der Waals surface area contributed by atoms with E-state index >= 15 is 0 Å². The fourth-order valence-electron chi connectivity index (χ4n) is 1.84. The smallest absolute Gasteiger partial charge is 0.141 e. The zero-order chi connectivity index (χ0) is 14.0. The van der Waals surface area contributed by atoms with Crippen LogP contribution in [0, 0.1) is 6.92 Å². The summed E-state index contributed by atoms with van der Waals surface area (Å²) in [5, 5.41) is 0.997. The second kappa shape index (κ2) is 5.90. The van der Waals surface area contributed by atoms with Crippen molar-refractivity contribution in [1.29, 1.82) is 0 Å². The lowest BCUT2D eigenvalue weighted by Crippen LogP contribution is -2.12. The summed E-state index contributed by atoms with van der Waals surface area (Å²) in [7, 11) is 3.24. The number of halogens is 1. The minimum atomic E-state index is -0.261. The Labute approximate surface area is 124 Å². The summed E-state index contributed by atoms with van der Waals surface area (Å²) in [6.45, 7) is 1.96. The third-order valence-corrected chi connectivity index (χ3v) is 4.54. The van der Waals surface area contributed by atoms with Crippen LogP contribution in [0.15, 0.2) is 22.8 Å². The van der Waals surface area contributed by atoms with E-state index in [4.69, 9.17) is 15.2 Å². The van der Waals surface area contributed by atoms with Crippen LogP contribution < -0.4 is 15.2 Å². The first-order chi connectivity index (χ1) is 9.08. The van der Waals surface area contributed by atoms with Gasteiger partial charge in [0.15, 0.2) is 0 Å². The summed E-state index contributed by atoms with van der Waals surface area (Å²) in [4.78, 5) is 5.24. The Morgan fingerprint density at radius 1 is 1.32 bits per heavy atom. The Morgan fingerprint density at radius 3 is 2.58 bits per heavy atom. The summed E-state index contributed by atoms with van der Waals surface area (Å²) < 4.78 is 11.5. The van der Waals surface area contributed by atoms with Gasteiger partial charge in [0.05, 0.1) is 25.3 Å². The monoisotopic (exact) mass is 342 g/mol. The van der Waals surface area contributed by atoms with E-state index in [1.807, 2.05) is 25.3 Å². The molecule has 2 N–H and O–H groups in total. The number of hydrogen-bond donors (Lipinski definition) is 1. The van der Waals surface area contributed by atoms with E-state index in [9.17, 15) is 0 Å². The summed E-state index contributed by atoms with van der Waals surface area (Å²) in [6.07, 6.45) is 1.81. The van der Waals surface area contributed by atoms with E-state index in [2.05, 4.69) is 20.9 Å². The van der Waals surface area contributed by atoms with E-state index in [0.717, 1.165) is 19.9 Å². The van der Waals surface area contributed by atoms with Gasteiger partial charge in [-0.3, -0.25) is 0 Å². The molecule has 0 amide bonds. The first kappa shape index (κ1) is 14.3. The number of hydrogen-bond acceptors (Lipinski definition) is 5. The van der Waals surface area contributed by atoms with Gasteiger partial charge in [-0.05, 0) is 35.0 Å². The molecule has 0 aliphatic heterocycles. The number of nitrogens with two attached hydrogens (primary N) is 1. The maximum Gasteiger partial charge on any atom is 0.141 e. The van der Waals surface area contributed by atoms with Crippen molar-refractivity contribution in [2.45, 2.75) is 13.0 Å². The fraction of sp³-hybridized carbons (Fsp3) is 0.308. The number of benzene rings is 1. The third-order valence-electron chi connectivity index (χ3n) is 2.80. The van der Waals surface area contributed by atoms with E-state index in [-0.39, 0.29) is 6.04 Å². The molecule has 1 atom stereocenters. The van der Waals surface area contributed by atoms with Crippen LogP contribution in [0.4, 0.5) is 0 Å². The van der Waals surface area contributed by atoms with Gasteiger partial charge in [-0.15, -0.1) is 11.3 Å². The number of methoxy groups -OCH3 is 2. The minimum absolute atomic E-state index is 0.261. The van der Waals surface area contributed by atoms with Gasteiger partial charge in [0.2, 0.25) is 0 Å². The van der Waals surface area contributed by atoms with Crippen LogP contribution >= 0.6 is 27.3 Å². The summed E-state index contributed by atoms with van der Waals surface area (Å²) >= 11 is 5.07. The Bertz CT molecular complexity index is 586. The highest BCUT2D eigenvalue weighted by atomic mass is 79.9. The highest BCUT2D eigenvalue weighted by molar-refractivity contribution is 9.10. The van der Waals surface area contributed by atoms with Crippen molar-refractivity contribution >= 4 is 27.3 Å². The van der Waals surface area contributed by atoms with Crippen molar-refractivity contribution in [2.24, 2.45) is 5.73 Å². The molecule has 19 heavy (non-hydrogen) atoms. The van der Waals surface area contributed by atoms with E-state index in [1.54, 1.807) is 25.6 Å². The average Bonchev–Trinajstić information content (AvgIpc) is 2.84. The maximum absolute atomic E-state index is 6.30. The van der Waals surface area contributed by atoms with E-state index in [1.165, 1.54) is 0 Å². The van der Waals surface area contributed by atoms with Crippen LogP contribution in [0.25, 0.3) is 0 Å². The van der Waals surface area contributed by atoms with E-state index in [0.29, 0.717) is 11.5 Å². The molecule has 0 saturated heterocycles. The number of nitrogens with zero attached hydrogens (tertiary/aromatic N) is 1. The molecular formula is C13H15BrN2O2S. The number of ether oxygens (including phenoxy) is 2. The molecule has 0 spiro atoms. The number of thiazole rings is 1. The predicted molar refractivity (Wildman–Crippen MR) is 80.1 cm³/mol. The average molecular weight is 343 g/mol. The Hall–Kier alpha value is -1.11. The molecule has 0 fully saturated rings. The molecule has 0 aliphatic rings. The number of aryl methyl sites for hydroxylation is 1. The second-order valence-electron chi connectivity index (χ2n) is 3.96. The van der Waals surface area contributed by atoms with Crippen LogP contribution in [0.2, 0.25) is 0 Å². The largest absolute Gasteiger partial charge is 0.495 e. The van der Waals surface area contributed by atoms with Gasteiger partial charge in [-0.2, -0.15) is 0 Å². The van der Waals surface area contributed by atoms with Crippen molar-refractivity contribution in [3.8, 4) is 11.5 Å². The summed E-state index contributed by atoms with van der Waals surface area (Å²) in [6, 6.07) is 3.53. The van der Waals surface area contributed by atoms with Gasteiger partial charge in [-0.1, -0.05) is 0 Å². The van der Waals surface area contributed by atoms with Gasteiger partial charge < -0.3 is 15.2 Å². The van der Waals surface area contributed by atoms with Crippen molar-refractivity contribution in [3.05, 3.63) is 38.3 Å². The van der Waals surface area contributed by atoms with Crippen molar-refractivity contribution in [2.75, 3.05) is 14.2 Å². The lowest BCUT2D eigenvalue weighted by Gasteiger charge is -2.17. The van der Waals surface area contributed by atoms with Crippen LogP contribution in [-0.4, -0.2) is 19.2 Å². The molecule has 1 unspecified atom stereocenters. The zero-order valence-electron chi connectivity index (χ0n) is 10.9. The second-order valence-corrected chi connectivity index (χ2v) is 6.02. The number of aromatic nitrogens is 1. The predicted octanol–water partition coefficient (Wildman–Crippen LogP) is 3.28. The van der Waals surface area contributed by atoms with Crippen molar-refractivity contribution in [1.82, 2.24) is 4.98 Å². The van der Waals surface area contributed by atoms with Gasteiger partial charge >= 0.3 is 0 Å². The molecule has 0 aliphatic carbocycles. The molecule has 2 rings (SSSR count). The summed E-state index contributed by atoms with van der Waals surface area (Å²) in [5.74, 6) is 1.41. The molecule has 1 aromatic heterocycles. The molecule has 4 nitrogen and oxygen atoms in total. The molecule has 2 aromatic rings. The molecule has 1 heterocycles. The van der Waals surface area contributed by atoms with Gasteiger partial charge in [0.25, 0.3) is 0 Å². The first-order valence-electron chi connectivity index (χ1n) is 5.66. The normalized spacial score (nSPS) is 12.3. The highest BCUT2D eigenvalue weighted by Gasteiger charge is 2.20. The SMILES string of the molecule is COc1ccc(C(N)c2cnc(C)s2)c(OC)c1Br. The molecule has 0 saturated carbocycles. The fourth-order valence-corrected chi connectivity index (χ4v) is 3.33. The lowest BCUT2D eigenvalue weighted by atomic mass is 10.1. The van der Waals surface area contributed by atoms with Crippen LogP contribution in [-0.2, 0) is 0 Å². The van der Waals surface area contributed by atoms with E-state index < -0.39 is 0 Å². The lowest BCUT2D eigenvalue weighted by molar-refractivity contribution is 0.385. The molecule has 6 heteroatoms. The van der Waals surface area contributed by atoms with Crippen molar-refractivity contribution < 1.29 is 9.47 Å². The molecule has 0 bridgehead atoms. The van der Waals surface area contributed by atoms with Gasteiger partial charge in [0, 0.05) is 16.6 Å². The Kier molecular flexibility index (Phi) is 4.44. The Morgan fingerprint density at radius 2 is 2.05 bits per heavy atom. The standard InChI is InChI=1S/C13H15BrN2O2S/c1-7-16-6-10(19-7)12(15)8-4-5-9(17-2)11(14)13(8)18-3/h4-6,12H,15H2,1-3H3. The topological polar surface area (TPSA) is 57.4 Å². The summed E-state index contributed by atoms with van der Waals surface area (Å²) in [5.41, 5.74) is 7.20. The maximum atomic E-state index is 6.30. The van der Waals surface area contributed by atoms with Crippen molar-refractivity contribution in [3.63, 3.8) is 0 Å². The quantitative estimate of drug-likeness (QED) is 0.926. The first-order valence-corrected chi connectivity index (χ1v) is 7.27. The molecule has 102 valence electrons. The van der Waals surface area contributed by atoms with Gasteiger partial charge in [-0.25, -0.2) is 4.98 Å². The van der Waals surface area contributed by atoms with Gasteiger partial charge in [0.1, 0.15) is 16.0 Å². The third kappa shape index (κ3) is 2.75. The molecular weight excluding hydrogens is 328 g/mol. The Balaban J connectivity index is 2.47. The highest BCUT2D eigenvalue weighted by Crippen LogP contribution is 2.41. The van der Waals surface area contributed by atoms with Crippen LogP contribution in [0.1, 0.15) is 21.5 Å². The van der Waals surface area contributed by atoms with Crippen LogP contribution in [0.3, 0.4) is 0 Å². The minimum Gasteiger partial charge on any atom is -0.495 e. The molecule has 0 radical (unpaired) electrons. The zero-order valence-corrected chi connectivity index (χ0v) is 13.3.